The quantitative estimate of drug-likeness (QED) is 0.337. The third-order valence-corrected chi connectivity index (χ3v) is 8.14. The number of hydrogen-bond acceptors (Lipinski definition) is 5. The number of anilines is 1. The van der Waals surface area contributed by atoms with Crippen LogP contribution in [0.2, 0.25) is 0 Å². The monoisotopic (exact) mass is 551 g/mol. The van der Waals surface area contributed by atoms with E-state index in [1.165, 1.54) is 17.0 Å². The first-order valence-electron chi connectivity index (χ1n) is 13.1. The Morgan fingerprint density at radius 2 is 1.56 bits per heavy atom. The van der Waals surface area contributed by atoms with Crippen molar-refractivity contribution in [3.8, 4) is 5.75 Å². The summed E-state index contributed by atoms with van der Waals surface area (Å²) in [5, 5.41) is 2.85. The van der Waals surface area contributed by atoms with Gasteiger partial charge in [0.25, 0.3) is 10.0 Å². The number of aryl methyl sites for hydroxylation is 1. The Morgan fingerprint density at radius 3 is 2.23 bits per heavy atom. The molecular weight excluding hydrogens is 514 g/mol. The molecule has 0 aliphatic heterocycles. The van der Waals surface area contributed by atoms with E-state index < -0.39 is 28.5 Å². The van der Waals surface area contributed by atoms with Crippen LogP contribution in [0.3, 0.4) is 0 Å². The van der Waals surface area contributed by atoms with E-state index in [0.717, 1.165) is 21.9 Å². The smallest absolute Gasteiger partial charge is 0.264 e. The number of nitrogens with zero attached hydrogens (tertiary/aromatic N) is 2. The lowest BCUT2D eigenvalue weighted by Gasteiger charge is -2.32. The zero-order valence-corrected chi connectivity index (χ0v) is 23.8. The van der Waals surface area contributed by atoms with Crippen LogP contribution >= 0.6 is 0 Å². The molecule has 3 rings (SSSR count). The van der Waals surface area contributed by atoms with Crippen molar-refractivity contribution >= 4 is 27.5 Å². The molecule has 0 saturated carbocycles. The van der Waals surface area contributed by atoms with Gasteiger partial charge in [0, 0.05) is 13.1 Å². The minimum atomic E-state index is -4.16. The molecule has 8 nitrogen and oxygen atoms in total. The Kier molecular flexibility index (Phi) is 10.5. The second-order valence-electron chi connectivity index (χ2n) is 9.14. The van der Waals surface area contributed by atoms with Gasteiger partial charge in [-0.25, -0.2) is 8.42 Å². The van der Waals surface area contributed by atoms with Crippen molar-refractivity contribution in [1.29, 1.82) is 0 Å². The molecule has 2 amide bonds. The van der Waals surface area contributed by atoms with Crippen molar-refractivity contribution in [3.63, 3.8) is 0 Å². The van der Waals surface area contributed by atoms with Gasteiger partial charge in [-0.2, -0.15) is 0 Å². The van der Waals surface area contributed by atoms with Gasteiger partial charge in [-0.3, -0.25) is 13.9 Å². The molecular formula is C30H37N3O5S. The van der Waals surface area contributed by atoms with Crippen molar-refractivity contribution in [1.82, 2.24) is 10.2 Å². The van der Waals surface area contributed by atoms with Crippen LogP contribution in [0, 0.1) is 6.92 Å². The summed E-state index contributed by atoms with van der Waals surface area (Å²) in [7, 11) is -4.16. The Bertz CT molecular complexity index is 1360. The van der Waals surface area contributed by atoms with Gasteiger partial charge in [-0.1, -0.05) is 61.5 Å². The number of nitrogens with one attached hydrogen (secondary N) is 1. The number of rotatable bonds is 13. The molecule has 208 valence electrons. The van der Waals surface area contributed by atoms with Gasteiger partial charge in [0.05, 0.1) is 17.2 Å². The number of benzene rings is 3. The first kappa shape index (κ1) is 29.7. The number of sulfonamides is 1. The van der Waals surface area contributed by atoms with Gasteiger partial charge >= 0.3 is 0 Å². The molecule has 0 radical (unpaired) electrons. The molecule has 0 heterocycles. The predicted molar refractivity (Wildman–Crippen MR) is 153 cm³/mol. The standard InChI is InChI=1S/C30H37N3O5S/c1-5-20-31-30(35)24(4)32(21-25-15-11-10-14-23(25)3)29(34)22-33(27-18-12-13-19-28(27)38-6-2)39(36,37)26-16-8-7-9-17-26/h7-19,24H,5-6,20-22H2,1-4H3,(H,31,35)/t24-/m0/s1. The first-order chi connectivity index (χ1) is 18.7. The van der Waals surface area contributed by atoms with Gasteiger partial charge < -0.3 is 15.0 Å². The molecule has 0 aliphatic rings. The SMILES string of the molecule is CCCNC(=O)[C@H](C)N(Cc1ccccc1C)C(=O)CN(c1ccccc1OCC)S(=O)(=O)c1ccccc1. The van der Waals surface area contributed by atoms with Crippen LogP contribution in [-0.2, 0) is 26.2 Å². The van der Waals surface area contributed by atoms with E-state index in [0.29, 0.717) is 18.9 Å². The van der Waals surface area contributed by atoms with Crippen molar-refractivity contribution in [3.05, 3.63) is 90.0 Å². The number of para-hydroxylation sites is 2. The third-order valence-electron chi connectivity index (χ3n) is 6.36. The summed E-state index contributed by atoms with van der Waals surface area (Å²) in [5.41, 5.74) is 2.08. The summed E-state index contributed by atoms with van der Waals surface area (Å²) in [6, 6.07) is 21.5. The Hall–Kier alpha value is -3.85. The maximum Gasteiger partial charge on any atom is 0.264 e. The van der Waals surface area contributed by atoms with Crippen LogP contribution in [0.4, 0.5) is 5.69 Å². The Morgan fingerprint density at radius 1 is 0.923 bits per heavy atom. The summed E-state index contributed by atoms with van der Waals surface area (Å²) in [6.45, 7) is 7.78. The van der Waals surface area contributed by atoms with Crippen LogP contribution in [0.1, 0.15) is 38.3 Å². The van der Waals surface area contributed by atoms with E-state index in [-0.39, 0.29) is 23.0 Å². The first-order valence-corrected chi connectivity index (χ1v) is 14.6. The lowest BCUT2D eigenvalue weighted by Crippen LogP contribution is -2.51. The van der Waals surface area contributed by atoms with Crippen LogP contribution < -0.4 is 14.4 Å². The number of hydrogen-bond donors (Lipinski definition) is 1. The highest BCUT2D eigenvalue weighted by Crippen LogP contribution is 2.33. The minimum absolute atomic E-state index is 0.0447. The predicted octanol–water partition coefficient (Wildman–Crippen LogP) is 4.53. The van der Waals surface area contributed by atoms with Gasteiger partial charge in [-0.15, -0.1) is 0 Å². The zero-order valence-electron chi connectivity index (χ0n) is 23.0. The third kappa shape index (κ3) is 7.38. The van der Waals surface area contributed by atoms with Gasteiger partial charge in [-0.05, 0) is 62.6 Å². The number of carbonyl (C=O) groups excluding carboxylic acids is 2. The fourth-order valence-electron chi connectivity index (χ4n) is 4.12. The summed E-state index contributed by atoms with van der Waals surface area (Å²) >= 11 is 0. The van der Waals surface area contributed by atoms with E-state index in [1.54, 1.807) is 56.3 Å². The molecule has 39 heavy (non-hydrogen) atoms. The zero-order chi connectivity index (χ0) is 28.4. The van der Waals surface area contributed by atoms with Crippen molar-refractivity contribution in [2.45, 2.75) is 51.6 Å². The van der Waals surface area contributed by atoms with Crippen LogP contribution in [0.15, 0.2) is 83.8 Å². The lowest BCUT2D eigenvalue weighted by molar-refractivity contribution is -0.139. The number of amides is 2. The fourth-order valence-corrected chi connectivity index (χ4v) is 5.57. The summed E-state index contributed by atoms with van der Waals surface area (Å²) in [6.07, 6.45) is 0.751. The van der Waals surface area contributed by atoms with Crippen molar-refractivity contribution < 1.29 is 22.7 Å². The second kappa shape index (κ2) is 13.8. The molecule has 3 aromatic carbocycles. The molecule has 0 aromatic heterocycles. The molecule has 0 saturated heterocycles. The normalized spacial score (nSPS) is 11.9. The highest BCUT2D eigenvalue weighted by molar-refractivity contribution is 7.92. The maximum absolute atomic E-state index is 14.0. The molecule has 0 unspecified atom stereocenters. The van der Waals surface area contributed by atoms with Gasteiger partial charge in [0.2, 0.25) is 11.8 Å². The van der Waals surface area contributed by atoms with Crippen LogP contribution in [-0.4, -0.2) is 50.9 Å². The summed E-state index contributed by atoms with van der Waals surface area (Å²) in [5.74, 6) is -0.472. The van der Waals surface area contributed by atoms with E-state index in [2.05, 4.69) is 5.32 Å². The van der Waals surface area contributed by atoms with Crippen molar-refractivity contribution in [2.24, 2.45) is 0 Å². The number of ether oxygens (including phenoxy) is 1. The minimum Gasteiger partial charge on any atom is -0.492 e. The molecule has 0 spiro atoms. The molecule has 1 N–H and O–H groups in total. The summed E-state index contributed by atoms with van der Waals surface area (Å²) in [4.78, 5) is 28.5. The number of carbonyl (C=O) groups is 2. The molecule has 0 fully saturated rings. The van der Waals surface area contributed by atoms with E-state index in [9.17, 15) is 18.0 Å². The molecule has 1 atom stereocenters. The topological polar surface area (TPSA) is 96.0 Å². The maximum atomic E-state index is 14.0. The highest BCUT2D eigenvalue weighted by atomic mass is 32.2. The highest BCUT2D eigenvalue weighted by Gasteiger charge is 2.33. The Labute approximate surface area is 231 Å². The lowest BCUT2D eigenvalue weighted by atomic mass is 10.1. The average Bonchev–Trinajstić information content (AvgIpc) is 2.94. The van der Waals surface area contributed by atoms with E-state index in [1.807, 2.05) is 38.1 Å². The van der Waals surface area contributed by atoms with E-state index in [4.69, 9.17) is 4.74 Å². The molecule has 3 aromatic rings. The second-order valence-corrected chi connectivity index (χ2v) is 11.0. The van der Waals surface area contributed by atoms with Crippen LogP contribution in [0.25, 0.3) is 0 Å². The molecule has 9 heteroatoms. The average molecular weight is 552 g/mol. The van der Waals surface area contributed by atoms with Gasteiger partial charge in [0.1, 0.15) is 18.3 Å². The van der Waals surface area contributed by atoms with E-state index >= 15 is 0 Å². The molecule has 0 bridgehead atoms. The van der Waals surface area contributed by atoms with Crippen molar-refractivity contribution in [2.75, 3.05) is 24.0 Å². The molecule has 0 aliphatic carbocycles. The summed E-state index contributed by atoms with van der Waals surface area (Å²) < 4.78 is 34.7. The fraction of sp³-hybridized carbons (Fsp3) is 0.333. The largest absolute Gasteiger partial charge is 0.492 e. The van der Waals surface area contributed by atoms with Crippen LogP contribution in [0.5, 0.6) is 5.75 Å². The van der Waals surface area contributed by atoms with Gasteiger partial charge in [0.15, 0.2) is 0 Å². The Balaban J connectivity index is 2.07.